The van der Waals surface area contributed by atoms with Gasteiger partial charge in [0.25, 0.3) is 0 Å². The topological polar surface area (TPSA) is 109 Å². The van der Waals surface area contributed by atoms with E-state index in [1.807, 2.05) is 13.0 Å². The molecule has 1 aromatic heterocycles. The van der Waals surface area contributed by atoms with Crippen LogP contribution in [0.25, 0.3) is 0 Å². The molecule has 8 heteroatoms. The van der Waals surface area contributed by atoms with Gasteiger partial charge in [0.05, 0.1) is 23.4 Å². The van der Waals surface area contributed by atoms with E-state index < -0.39 is 16.1 Å². The van der Waals surface area contributed by atoms with Gasteiger partial charge in [-0.25, -0.2) is 18.1 Å². The quantitative estimate of drug-likeness (QED) is 0.819. The van der Waals surface area contributed by atoms with E-state index in [-0.39, 0.29) is 10.6 Å². The Morgan fingerprint density at radius 2 is 2.29 bits per heavy atom. The number of nitrogen functional groups attached to an aromatic ring is 1. The minimum absolute atomic E-state index is 0.0310. The molecule has 1 unspecified atom stereocenters. The molecule has 3 N–H and O–H groups in total. The second-order valence-corrected chi connectivity index (χ2v) is 6.93. The van der Waals surface area contributed by atoms with Gasteiger partial charge in [-0.15, -0.1) is 11.3 Å². The Labute approximate surface area is 127 Å². The molecule has 0 radical (unpaired) electrons. The van der Waals surface area contributed by atoms with Crippen molar-refractivity contribution in [3.8, 4) is 6.07 Å². The average molecular weight is 322 g/mol. The summed E-state index contributed by atoms with van der Waals surface area (Å²) in [5.41, 5.74) is 6.11. The van der Waals surface area contributed by atoms with Crippen LogP contribution in [0.5, 0.6) is 0 Å². The number of sulfonamides is 1. The number of hydrogen-bond donors (Lipinski definition) is 2. The van der Waals surface area contributed by atoms with Crippen molar-refractivity contribution >= 4 is 27.0 Å². The first-order valence-electron chi connectivity index (χ1n) is 6.19. The van der Waals surface area contributed by atoms with Crippen LogP contribution in [-0.2, 0) is 10.0 Å². The van der Waals surface area contributed by atoms with Crippen molar-refractivity contribution < 1.29 is 8.42 Å². The van der Waals surface area contributed by atoms with E-state index in [4.69, 9.17) is 11.0 Å². The van der Waals surface area contributed by atoms with Crippen LogP contribution < -0.4 is 10.5 Å². The number of nitriles is 1. The zero-order valence-electron chi connectivity index (χ0n) is 11.3. The minimum Gasteiger partial charge on any atom is -0.398 e. The number of rotatable bonds is 5. The van der Waals surface area contributed by atoms with Crippen LogP contribution in [0, 0.1) is 11.3 Å². The van der Waals surface area contributed by atoms with Crippen LogP contribution in [0.2, 0.25) is 0 Å². The summed E-state index contributed by atoms with van der Waals surface area (Å²) in [5, 5.41) is 11.3. The monoisotopic (exact) mass is 322 g/mol. The predicted octanol–water partition coefficient (Wildman–Crippen LogP) is 2.03. The predicted molar refractivity (Wildman–Crippen MR) is 81.0 cm³/mol. The van der Waals surface area contributed by atoms with E-state index in [0.29, 0.717) is 17.0 Å². The van der Waals surface area contributed by atoms with Crippen molar-refractivity contribution in [2.24, 2.45) is 0 Å². The Kier molecular flexibility index (Phi) is 4.57. The maximum Gasteiger partial charge on any atom is 0.243 e. The van der Waals surface area contributed by atoms with E-state index >= 15 is 0 Å². The molecule has 1 heterocycles. The first-order chi connectivity index (χ1) is 9.97. The van der Waals surface area contributed by atoms with E-state index in [2.05, 4.69) is 9.71 Å². The number of nitrogens with two attached hydrogens (primary N) is 1. The smallest absolute Gasteiger partial charge is 0.243 e. The highest BCUT2D eigenvalue weighted by Gasteiger charge is 2.23. The summed E-state index contributed by atoms with van der Waals surface area (Å²) in [6.45, 7) is 1.87. The van der Waals surface area contributed by atoms with Crippen LogP contribution in [0.1, 0.15) is 30.0 Å². The first-order valence-corrected chi connectivity index (χ1v) is 8.55. The maximum atomic E-state index is 12.4. The van der Waals surface area contributed by atoms with Gasteiger partial charge < -0.3 is 5.73 Å². The maximum absolute atomic E-state index is 12.4. The molecule has 0 aliphatic rings. The number of hydrogen-bond acceptors (Lipinski definition) is 6. The molecule has 0 bridgehead atoms. The zero-order chi connectivity index (χ0) is 15.5. The fourth-order valence-corrected chi connectivity index (χ4v) is 4.07. The number of aromatic nitrogens is 1. The third-order valence-electron chi connectivity index (χ3n) is 2.88. The van der Waals surface area contributed by atoms with Crippen LogP contribution in [0.15, 0.2) is 34.7 Å². The molecule has 0 amide bonds. The fourth-order valence-electron chi connectivity index (χ4n) is 1.83. The van der Waals surface area contributed by atoms with Gasteiger partial charge in [0.15, 0.2) is 0 Å². The SMILES string of the molecule is CCC(NS(=O)(=O)c1ccc(C#N)cc1N)c1nccs1. The molecule has 0 saturated heterocycles. The van der Waals surface area contributed by atoms with Gasteiger partial charge in [0.1, 0.15) is 9.90 Å². The summed E-state index contributed by atoms with van der Waals surface area (Å²) in [6.07, 6.45) is 2.20. The van der Waals surface area contributed by atoms with Crippen molar-refractivity contribution in [2.75, 3.05) is 5.73 Å². The minimum atomic E-state index is -3.77. The second-order valence-electron chi connectivity index (χ2n) is 4.32. The average Bonchev–Trinajstić information content (AvgIpc) is 2.98. The van der Waals surface area contributed by atoms with E-state index in [0.717, 1.165) is 0 Å². The van der Waals surface area contributed by atoms with Crippen molar-refractivity contribution in [1.29, 1.82) is 5.26 Å². The lowest BCUT2D eigenvalue weighted by atomic mass is 10.2. The summed E-state index contributed by atoms with van der Waals surface area (Å²) in [7, 11) is -3.77. The largest absolute Gasteiger partial charge is 0.398 e. The Hall–Kier alpha value is -1.95. The van der Waals surface area contributed by atoms with Gasteiger partial charge in [-0.2, -0.15) is 5.26 Å². The lowest BCUT2D eigenvalue weighted by Gasteiger charge is -2.15. The lowest BCUT2D eigenvalue weighted by molar-refractivity contribution is 0.549. The van der Waals surface area contributed by atoms with Crippen molar-refractivity contribution in [1.82, 2.24) is 9.71 Å². The fraction of sp³-hybridized carbons (Fsp3) is 0.231. The van der Waals surface area contributed by atoms with Crippen LogP contribution >= 0.6 is 11.3 Å². The first kappa shape index (κ1) is 15.4. The second kappa shape index (κ2) is 6.22. The van der Waals surface area contributed by atoms with Gasteiger partial charge in [0, 0.05) is 11.6 Å². The van der Waals surface area contributed by atoms with E-state index in [1.165, 1.54) is 29.5 Å². The Morgan fingerprint density at radius 1 is 1.52 bits per heavy atom. The van der Waals surface area contributed by atoms with Crippen LogP contribution in [-0.4, -0.2) is 13.4 Å². The molecule has 110 valence electrons. The number of benzene rings is 1. The highest BCUT2D eigenvalue weighted by molar-refractivity contribution is 7.89. The molecule has 0 aliphatic carbocycles. The number of anilines is 1. The summed E-state index contributed by atoms with van der Waals surface area (Å²) in [6, 6.07) is 5.63. The normalized spacial score (nSPS) is 12.8. The van der Waals surface area contributed by atoms with Gasteiger partial charge >= 0.3 is 0 Å². The zero-order valence-corrected chi connectivity index (χ0v) is 12.9. The third kappa shape index (κ3) is 3.39. The third-order valence-corrected chi connectivity index (χ3v) is 5.32. The highest BCUT2D eigenvalue weighted by atomic mass is 32.2. The summed E-state index contributed by atoms with van der Waals surface area (Å²) < 4.78 is 27.4. The van der Waals surface area contributed by atoms with Crippen LogP contribution in [0.3, 0.4) is 0 Å². The van der Waals surface area contributed by atoms with Gasteiger partial charge in [-0.3, -0.25) is 0 Å². The number of nitrogens with one attached hydrogen (secondary N) is 1. The number of thiazole rings is 1. The van der Waals surface area contributed by atoms with Gasteiger partial charge in [-0.1, -0.05) is 6.92 Å². The molecular formula is C13H14N4O2S2. The lowest BCUT2D eigenvalue weighted by Crippen LogP contribution is -2.28. The van der Waals surface area contributed by atoms with Crippen LogP contribution in [0.4, 0.5) is 5.69 Å². The molecule has 21 heavy (non-hydrogen) atoms. The number of nitrogens with zero attached hydrogens (tertiary/aromatic N) is 2. The Bertz CT molecular complexity index is 764. The molecular weight excluding hydrogens is 308 g/mol. The van der Waals surface area contributed by atoms with Gasteiger partial charge in [0.2, 0.25) is 10.0 Å². The van der Waals surface area contributed by atoms with Crippen molar-refractivity contribution in [3.63, 3.8) is 0 Å². The standard InChI is InChI=1S/C13H14N4O2S2/c1-2-11(13-16-5-6-20-13)17-21(18,19)12-4-3-9(8-14)7-10(12)15/h3-7,11,17H,2,15H2,1H3. The molecule has 1 aromatic carbocycles. The van der Waals surface area contributed by atoms with Crippen molar-refractivity contribution in [3.05, 3.63) is 40.3 Å². The van der Waals surface area contributed by atoms with E-state index in [1.54, 1.807) is 11.6 Å². The van der Waals surface area contributed by atoms with Gasteiger partial charge in [-0.05, 0) is 24.6 Å². The summed E-state index contributed by atoms with van der Waals surface area (Å²) >= 11 is 1.39. The molecule has 6 nitrogen and oxygen atoms in total. The molecule has 0 fully saturated rings. The summed E-state index contributed by atoms with van der Waals surface area (Å²) in [4.78, 5) is 4.10. The highest BCUT2D eigenvalue weighted by Crippen LogP contribution is 2.24. The molecule has 1 atom stereocenters. The molecule has 0 aliphatic heterocycles. The Balaban J connectivity index is 2.32. The van der Waals surface area contributed by atoms with E-state index in [9.17, 15) is 8.42 Å². The van der Waals surface area contributed by atoms with Crippen molar-refractivity contribution in [2.45, 2.75) is 24.3 Å². The molecule has 2 aromatic rings. The molecule has 0 saturated carbocycles. The molecule has 2 rings (SSSR count). The molecule has 0 spiro atoms. The summed E-state index contributed by atoms with van der Waals surface area (Å²) in [5.74, 6) is 0. The Morgan fingerprint density at radius 3 is 2.81 bits per heavy atom.